The molecular formula is C52H62BrN5Si2. The van der Waals surface area contributed by atoms with Crippen LogP contribution in [0.1, 0.15) is 128 Å². The highest BCUT2D eigenvalue weighted by molar-refractivity contribution is 9.10. The fraction of sp³-hybridized carbons (Fsp3) is 0.385. The lowest BCUT2D eigenvalue weighted by Crippen LogP contribution is -2.43. The van der Waals surface area contributed by atoms with Crippen LogP contribution in [0.3, 0.4) is 0 Å². The maximum Gasteiger partial charge on any atom is 0.146 e. The highest BCUT2D eigenvalue weighted by Crippen LogP contribution is 2.42. The number of rotatable bonds is 7. The number of hydrogen-bond acceptors (Lipinski definition) is 3. The second-order valence-corrected chi connectivity index (χ2v) is 30.4. The predicted octanol–water partition coefficient (Wildman–Crippen LogP) is 14.0. The van der Waals surface area contributed by atoms with E-state index >= 15 is 0 Å². The van der Waals surface area contributed by atoms with E-state index < -0.39 is 16.1 Å². The molecule has 1 aromatic carbocycles. The van der Waals surface area contributed by atoms with Crippen molar-refractivity contribution in [2.24, 2.45) is 0 Å². The average Bonchev–Trinajstić information content (AvgIpc) is 4.03. The molecule has 2 N–H and O–H groups in total. The second-order valence-electron chi connectivity index (χ2n) is 18.4. The number of anilines is 1. The lowest BCUT2D eigenvalue weighted by molar-refractivity contribution is 0.838. The summed E-state index contributed by atoms with van der Waals surface area (Å²) in [6.45, 7) is 28.3. The molecule has 0 fully saturated rings. The molecule has 0 unspecified atom stereocenters. The van der Waals surface area contributed by atoms with Gasteiger partial charge in [0.15, 0.2) is 0 Å². The van der Waals surface area contributed by atoms with E-state index in [0.29, 0.717) is 33.2 Å². The minimum atomic E-state index is -2.07. The molecule has 310 valence electrons. The molecule has 0 atom stereocenters. The van der Waals surface area contributed by atoms with Crippen LogP contribution in [-0.2, 0) is 0 Å². The quantitative estimate of drug-likeness (QED) is 0.124. The van der Waals surface area contributed by atoms with Gasteiger partial charge in [-0.2, -0.15) is 0 Å². The molecule has 2 aliphatic heterocycles. The zero-order valence-electron chi connectivity index (χ0n) is 38.1. The maximum atomic E-state index is 5.35. The van der Waals surface area contributed by atoms with Crippen molar-refractivity contribution in [3.05, 3.63) is 98.0 Å². The lowest BCUT2D eigenvalue weighted by Gasteiger charge is -2.38. The minimum Gasteiger partial charge on any atom is -0.378 e. The Balaban J connectivity index is 1.75. The highest BCUT2D eigenvalue weighted by Gasteiger charge is 2.42. The Kier molecular flexibility index (Phi) is 13.5. The van der Waals surface area contributed by atoms with Crippen LogP contribution in [0.5, 0.6) is 0 Å². The summed E-state index contributed by atoms with van der Waals surface area (Å²) in [5.41, 5.74) is 22.4. The molecule has 5 heterocycles. The number of hydrogen-bond donors (Lipinski definition) is 2. The van der Waals surface area contributed by atoms with Gasteiger partial charge in [-0.25, -0.2) is 9.97 Å². The summed E-state index contributed by atoms with van der Waals surface area (Å²) < 4.78 is 0.925. The number of fused-ring (bicyclic) bond motifs is 8. The van der Waals surface area contributed by atoms with Crippen LogP contribution in [0.4, 0.5) is 5.69 Å². The fourth-order valence-corrected chi connectivity index (χ4v) is 20.6. The molecule has 3 aromatic heterocycles. The third-order valence-electron chi connectivity index (χ3n) is 12.9. The van der Waals surface area contributed by atoms with Gasteiger partial charge < -0.3 is 14.9 Å². The lowest BCUT2D eigenvalue weighted by atomic mass is 10.1. The van der Waals surface area contributed by atoms with Crippen molar-refractivity contribution in [3.8, 4) is 34.8 Å². The van der Waals surface area contributed by atoms with E-state index in [1.165, 1.54) is 0 Å². The average molecular weight is 893 g/mol. The van der Waals surface area contributed by atoms with Crippen LogP contribution >= 0.6 is 15.9 Å². The minimum absolute atomic E-state index is 0.495. The van der Waals surface area contributed by atoms with Crippen molar-refractivity contribution in [2.45, 2.75) is 116 Å². The van der Waals surface area contributed by atoms with E-state index in [-0.39, 0.29) is 0 Å². The summed E-state index contributed by atoms with van der Waals surface area (Å²) in [5, 5.41) is 0. The smallest absolute Gasteiger partial charge is 0.146 e. The molecule has 0 amide bonds. The van der Waals surface area contributed by atoms with Crippen molar-refractivity contribution < 1.29 is 0 Å². The molecule has 8 heteroatoms. The van der Waals surface area contributed by atoms with Gasteiger partial charge in [0, 0.05) is 25.3 Å². The largest absolute Gasteiger partial charge is 0.378 e. The van der Waals surface area contributed by atoms with Gasteiger partial charge in [0.25, 0.3) is 0 Å². The molecule has 60 heavy (non-hydrogen) atoms. The normalized spacial score (nSPS) is 12.6. The number of H-pyrrole nitrogens is 2. The Labute approximate surface area is 370 Å². The summed E-state index contributed by atoms with van der Waals surface area (Å²) in [5.74, 6) is 14.6. The van der Waals surface area contributed by atoms with Crippen LogP contribution in [0, 0.1) is 34.8 Å². The first-order chi connectivity index (χ1) is 28.4. The molecule has 6 rings (SSSR count). The van der Waals surface area contributed by atoms with Crippen molar-refractivity contribution >= 4 is 84.1 Å². The molecule has 0 saturated heterocycles. The number of nitrogens with zero attached hydrogens (tertiary/aromatic N) is 3. The Morgan fingerprint density at radius 2 is 0.817 bits per heavy atom. The monoisotopic (exact) mass is 891 g/mol. The second kappa shape index (κ2) is 18.1. The Hall–Kier alpha value is -4.79. The summed E-state index contributed by atoms with van der Waals surface area (Å²) in [7, 11) is -0.0563. The molecular weight excluding hydrogens is 831 g/mol. The predicted molar refractivity (Wildman–Crippen MR) is 269 cm³/mol. The van der Waals surface area contributed by atoms with Gasteiger partial charge in [-0.15, -0.1) is 11.1 Å². The summed E-state index contributed by atoms with van der Waals surface area (Å²) in [6.07, 6.45) is 8.32. The summed E-state index contributed by atoms with van der Waals surface area (Å²) >= 11 is 3.97. The topological polar surface area (TPSA) is 60.6 Å². The molecule has 0 saturated carbocycles. The van der Waals surface area contributed by atoms with E-state index in [9.17, 15) is 0 Å². The van der Waals surface area contributed by atoms with E-state index in [0.717, 1.165) is 77.3 Å². The van der Waals surface area contributed by atoms with Crippen molar-refractivity contribution in [2.75, 3.05) is 19.0 Å². The molecule has 0 aliphatic carbocycles. The van der Waals surface area contributed by atoms with Gasteiger partial charge in [0.2, 0.25) is 0 Å². The van der Waals surface area contributed by atoms with Crippen molar-refractivity contribution in [1.82, 2.24) is 19.9 Å². The van der Waals surface area contributed by atoms with E-state index in [2.05, 4.69) is 221 Å². The van der Waals surface area contributed by atoms with Gasteiger partial charge in [0.05, 0.1) is 66.0 Å². The highest BCUT2D eigenvalue weighted by atomic mass is 79.9. The van der Waals surface area contributed by atoms with Gasteiger partial charge in [0.1, 0.15) is 16.1 Å². The van der Waals surface area contributed by atoms with E-state index in [1.54, 1.807) is 0 Å². The molecule has 4 aromatic rings. The van der Waals surface area contributed by atoms with Crippen LogP contribution in [0.2, 0.25) is 33.2 Å². The first-order valence-corrected chi connectivity index (χ1v) is 26.8. The Bertz CT molecular complexity index is 2500. The number of aromatic nitrogens is 4. The SMILES string of the molecule is CC(C)[Si](C#Cc1c2nc(c(C#Cc3ccc(N(C)C)cc3)c3nc(c(C#C[Si](C(C)C)(C(C)C)C(C)C)c4ccc([nH]4)c(Br)c4ccc1[nH]4)C=C3)C=C2)(C(C)C)C(C)C. The number of aromatic amines is 2. The van der Waals surface area contributed by atoms with Gasteiger partial charge in [-0.3, -0.25) is 0 Å². The zero-order valence-corrected chi connectivity index (χ0v) is 41.7. The summed E-state index contributed by atoms with van der Waals surface area (Å²) in [4.78, 5) is 20.3. The summed E-state index contributed by atoms with van der Waals surface area (Å²) in [6, 6.07) is 16.8. The van der Waals surface area contributed by atoms with Gasteiger partial charge in [-0.1, -0.05) is 107 Å². The van der Waals surface area contributed by atoms with E-state index in [4.69, 9.17) is 9.97 Å². The third-order valence-corrected chi connectivity index (χ3v) is 26.4. The maximum absolute atomic E-state index is 5.35. The molecule has 2 aliphatic rings. The van der Waals surface area contributed by atoms with E-state index in [1.807, 2.05) is 14.1 Å². The van der Waals surface area contributed by atoms with Crippen LogP contribution < -0.4 is 4.90 Å². The molecule has 5 nitrogen and oxygen atoms in total. The molecule has 8 bridgehead atoms. The fourth-order valence-electron chi connectivity index (χ4n) is 9.75. The third kappa shape index (κ3) is 8.56. The van der Waals surface area contributed by atoms with Crippen LogP contribution in [0.15, 0.2) is 53.0 Å². The zero-order chi connectivity index (χ0) is 43.7. The van der Waals surface area contributed by atoms with Gasteiger partial charge >= 0.3 is 0 Å². The van der Waals surface area contributed by atoms with Gasteiger partial charge in [-0.05, 0) is 122 Å². The van der Waals surface area contributed by atoms with Crippen molar-refractivity contribution in [1.29, 1.82) is 0 Å². The molecule has 0 radical (unpaired) electrons. The Morgan fingerprint density at radius 1 is 0.467 bits per heavy atom. The van der Waals surface area contributed by atoms with Crippen LogP contribution in [-0.4, -0.2) is 50.2 Å². The first-order valence-electron chi connectivity index (χ1n) is 21.6. The Morgan fingerprint density at radius 3 is 1.17 bits per heavy atom. The standard InChI is InChI=1S/C52H62BrN5Si2/c1-33(2)59(34(3)4,35(5)6)31-29-42-46-23-21-44(54-46)41(20-17-39-15-18-40(19-16-39)58(13)14)45-22-24-47(55-45)43(30-32-60(36(7)8,37(9)10)38(11)12)49-26-28-51(57-49)52(53)50-27-25-48(42)56-50/h15-16,18-19,21-28,33-38,56-57H,1-14H3. The molecule has 0 spiro atoms. The number of benzene rings is 1. The number of nitrogens with one attached hydrogen (secondary N) is 2. The van der Waals surface area contributed by atoms with Crippen molar-refractivity contribution in [3.63, 3.8) is 0 Å². The number of halogens is 1. The van der Waals surface area contributed by atoms with Crippen LogP contribution in [0.25, 0.3) is 46.4 Å². The first kappa shape index (κ1) is 44.8.